The van der Waals surface area contributed by atoms with Gasteiger partial charge in [-0.3, -0.25) is 4.90 Å². The molecule has 1 fully saturated rings. The number of fused-ring (bicyclic) bond motifs is 1. The molecule has 3 aromatic carbocycles. The first-order valence-electron chi connectivity index (χ1n) is 13.8. The predicted molar refractivity (Wildman–Crippen MR) is 158 cm³/mol. The molecular formula is C33H36ClFN2O3. The topological polar surface area (TPSA) is 54.8 Å². The van der Waals surface area contributed by atoms with Crippen LogP contribution in [0.15, 0.2) is 78.9 Å². The van der Waals surface area contributed by atoms with Crippen LogP contribution in [-0.2, 0) is 4.74 Å². The summed E-state index contributed by atoms with van der Waals surface area (Å²) in [6.07, 6.45) is 0.992. The Hall–Kier alpha value is -3.03. The van der Waals surface area contributed by atoms with Crippen LogP contribution >= 0.6 is 11.6 Å². The van der Waals surface area contributed by atoms with Gasteiger partial charge in [0.15, 0.2) is 0 Å². The molecule has 4 unspecified atom stereocenters. The Bertz CT molecular complexity index is 1440. The molecule has 1 N–H and O–H groups in total. The van der Waals surface area contributed by atoms with E-state index >= 15 is 0 Å². The van der Waals surface area contributed by atoms with E-state index in [0.29, 0.717) is 60.0 Å². The van der Waals surface area contributed by atoms with Gasteiger partial charge in [-0.2, -0.15) is 0 Å². The van der Waals surface area contributed by atoms with Gasteiger partial charge in [0.05, 0.1) is 24.8 Å². The molecule has 0 spiro atoms. The average molecular weight is 563 g/mol. The smallest absolute Gasteiger partial charge is 0.217 e. The lowest BCUT2D eigenvalue weighted by molar-refractivity contribution is -0.0857. The van der Waals surface area contributed by atoms with Crippen LogP contribution in [0.1, 0.15) is 55.3 Å². The Balaban J connectivity index is 1.60. The molecule has 2 heterocycles. The Labute approximate surface area is 240 Å². The lowest BCUT2D eigenvalue weighted by atomic mass is 9.70. The molecule has 4 atom stereocenters. The van der Waals surface area contributed by atoms with Crippen LogP contribution in [-0.4, -0.2) is 53.5 Å². The van der Waals surface area contributed by atoms with Gasteiger partial charge in [-0.15, -0.1) is 0 Å². The lowest BCUT2D eigenvalue weighted by Crippen LogP contribution is -2.55. The Kier molecular flexibility index (Phi) is 8.71. The molecule has 7 heteroatoms. The van der Waals surface area contributed by atoms with Crippen molar-refractivity contribution in [2.45, 2.75) is 50.3 Å². The third-order valence-corrected chi connectivity index (χ3v) is 8.42. The van der Waals surface area contributed by atoms with Gasteiger partial charge in [0.25, 0.3) is 0 Å². The largest absolute Gasteiger partial charge is 0.481 e. The maximum absolute atomic E-state index is 14.2. The fourth-order valence-electron chi connectivity index (χ4n) is 6.19. The summed E-state index contributed by atoms with van der Waals surface area (Å²) in [5.41, 5.74) is 2.31. The minimum atomic E-state index is -1.15. The first kappa shape index (κ1) is 28.5. The maximum Gasteiger partial charge on any atom is 0.217 e. The molecule has 0 saturated carbocycles. The molecule has 5 nitrogen and oxygen atoms in total. The summed E-state index contributed by atoms with van der Waals surface area (Å²) in [7, 11) is 1.58. The molecule has 1 aromatic heterocycles. The molecule has 0 amide bonds. The van der Waals surface area contributed by atoms with E-state index < -0.39 is 11.5 Å². The van der Waals surface area contributed by atoms with Gasteiger partial charge in [-0.25, -0.2) is 9.37 Å². The van der Waals surface area contributed by atoms with Crippen LogP contribution in [0.25, 0.3) is 10.9 Å². The van der Waals surface area contributed by atoms with E-state index in [1.165, 1.54) is 17.7 Å². The van der Waals surface area contributed by atoms with Crippen molar-refractivity contribution in [3.05, 3.63) is 106 Å². The summed E-state index contributed by atoms with van der Waals surface area (Å²) in [6.45, 7) is 5.96. The number of aromatic nitrogens is 1. The summed E-state index contributed by atoms with van der Waals surface area (Å²) in [5.74, 6) is -0.417. The predicted octanol–water partition coefficient (Wildman–Crippen LogP) is 7.16. The average Bonchev–Trinajstić information content (AvgIpc) is 2.97. The SMILES string of the molecule is CCOCC1CC(O)(C(c2ccc(Cl)cc2)c2cc3cc(F)ccc3nc2OC)CCN1C(C)c1ccccc1. The Morgan fingerprint density at radius 2 is 1.82 bits per heavy atom. The molecule has 1 aliphatic rings. The van der Waals surface area contributed by atoms with Crippen molar-refractivity contribution in [3.63, 3.8) is 0 Å². The number of halogens is 2. The van der Waals surface area contributed by atoms with Crippen molar-refractivity contribution in [2.24, 2.45) is 0 Å². The molecule has 4 aromatic rings. The van der Waals surface area contributed by atoms with Crippen LogP contribution in [0.2, 0.25) is 5.02 Å². The highest BCUT2D eigenvalue weighted by Gasteiger charge is 2.47. The number of aliphatic hydroxyl groups is 1. The van der Waals surface area contributed by atoms with Crippen LogP contribution in [0, 0.1) is 5.82 Å². The van der Waals surface area contributed by atoms with E-state index in [1.54, 1.807) is 13.2 Å². The normalized spacial score (nSPS) is 21.3. The van der Waals surface area contributed by atoms with Gasteiger partial charge in [0.2, 0.25) is 5.88 Å². The lowest BCUT2D eigenvalue weighted by Gasteiger charge is -2.49. The van der Waals surface area contributed by atoms with E-state index in [-0.39, 0.29) is 17.9 Å². The van der Waals surface area contributed by atoms with E-state index in [4.69, 9.17) is 26.1 Å². The highest BCUT2D eigenvalue weighted by molar-refractivity contribution is 6.30. The van der Waals surface area contributed by atoms with Crippen molar-refractivity contribution in [1.82, 2.24) is 9.88 Å². The fraction of sp³-hybridized carbons (Fsp3) is 0.364. The number of pyridine rings is 1. The third kappa shape index (κ3) is 5.86. The van der Waals surface area contributed by atoms with Crippen LogP contribution in [0.5, 0.6) is 5.88 Å². The summed E-state index contributed by atoms with van der Waals surface area (Å²) < 4.78 is 26.0. The van der Waals surface area contributed by atoms with Gasteiger partial charge in [-0.05, 0) is 74.2 Å². The molecule has 1 saturated heterocycles. The first-order valence-corrected chi connectivity index (χ1v) is 14.2. The van der Waals surface area contributed by atoms with Crippen molar-refractivity contribution in [1.29, 1.82) is 0 Å². The highest BCUT2D eigenvalue weighted by atomic mass is 35.5. The molecule has 0 bridgehead atoms. The second kappa shape index (κ2) is 12.2. The van der Waals surface area contributed by atoms with E-state index in [0.717, 1.165) is 5.56 Å². The van der Waals surface area contributed by atoms with Crippen molar-refractivity contribution >= 4 is 22.5 Å². The quantitative estimate of drug-likeness (QED) is 0.234. The summed E-state index contributed by atoms with van der Waals surface area (Å²) in [5, 5.41) is 13.9. The van der Waals surface area contributed by atoms with Gasteiger partial charge >= 0.3 is 0 Å². The zero-order valence-electron chi connectivity index (χ0n) is 23.2. The number of methoxy groups -OCH3 is 1. The van der Waals surface area contributed by atoms with Gasteiger partial charge in [-0.1, -0.05) is 54.1 Å². The van der Waals surface area contributed by atoms with Crippen LogP contribution in [0.3, 0.4) is 0 Å². The Morgan fingerprint density at radius 3 is 2.52 bits per heavy atom. The minimum Gasteiger partial charge on any atom is -0.481 e. The van der Waals surface area contributed by atoms with Gasteiger partial charge in [0, 0.05) is 47.1 Å². The summed E-state index contributed by atoms with van der Waals surface area (Å²) in [6, 6.07) is 24.5. The van der Waals surface area contributed by atoms with Gasteiger partial charge in [0.1, 0.15) is 5.82 Å². The molecule has 0 radical (unpaired) electrons. The fourth-order valence-corrected chi connectivity index (χ4v) is 6.31. The zero-order valence-corrected chi connectivity index (χ0v) is 23.9. The third-order valence-electron chi connectivity index (χ3n) is 8.17. The number of hydrogen-bond donors (Lipinski definition) is 1. The monoisotopic (exact) mass is 562 g/mol. The molecule has 40 heavy (non-hydrogen) atoms. The Morgan fingerprint density at radius 1 is 1.07 bits per heavy atom. The molecule has 210 valence electrons. The second-order valence-electron chi connectivity index (χ2n) is 10.6. The number of hydrogen-bond acceptors (Lipinski definition) is 5. The number of rotatable bonds is 9. The highest BCUT2D eigenvalue weighted by Crippen LogP contribution is 2.47. The summed E-state index contributed by atoms with van der Waals surface area (Å²) >= 11 is 6.27. The number of nitrogens with zero attached hydrogens (tertiary/aromatic N) is 2. The molecule has 1 aliphatic heterocycles. The first-order chi connectivity index (χ1) is 19.3. The van der Waals surface area contributed by atoms with E-state index in [9.17, 15) is 9.50 Å². The van der Waals surface area contributed by atoms with Crippen LogP contribution < -0.4 is 4.74 Å². The molecule has 5 rings (SSSR count). The van der Waals surface area contributed by atoms with E-state index in [1.807, 2.05) is 43.3 Å². The number of piperidine rings is 1. The number of likely N-dealkylation sites (tertiary alicyclic amines) is 1. The maximum atomic E-state index is 14.2. The number of benzene rings is 3. The molecule has 0 aliphatic carbocycles. The second-order valence-corrected chi connectivity index (χ2v) is 11.0. The minimum absolute atomic E-state index is 0.0273. The van der Waals surface area contributed by atoms with Crippen molar-refractivity contribution in [3.8, 4) is 5.88 Å². The zero-order chi connectivity index (χ0) is 28.3. The van der Waals surface area contributed by atoms with Gasteiger partial charge < -0.3 is 14.6 Å². The summed E-state index contributed by atoms with van der Waals surface area (Å²) in [4.78, 5) is 7.15. The van der Waals surface area contributed by atoms with Crippen molar-refractivity contribution in [2.75, 3.05) is 26.9 Å². The van der Waals surface area contributed by atoms with Crippen molar-refractivity contribution < 1.29 is 19.0 Å². The number of ether oxygens (including phenoxy) is 2. The van der Waals surface area contributed by atoms with E-state index in [2.05, 4.69) is 36.1 Å². The van der Waals surface area contributed by atoms with Crippen LogP contribution in [0.4, 0.5) is 4.39 Å². The molecular weight excluding hydrogens is 527 g/mol. The standard InChI is InChI=1S/C33H36ClFN2O3/c1-4-40-21-28-20-33(38,16-17-37(28)22(2)23-8-6-5-7-9-23)31(24-10-12-26(34)13-11-24)29-19-25-18-27(35)14-15-30(25)36-32(29)39-3/h5-15,18-19,22,28,31,38H,4,16-17,20-21H2,1-3H3.